The molecule has 0 spiro atoms. The summed E-state index contributed by atoms with van der Waals surface area (Å²) >= 11 is 0. The van der Waals surface area contributed by atoms with Crippen LogP contribution in [0.1, 0.15) is 24.0 Å². The van der Waals surface area contributed by atoms with Crippen LogP contribution in [-0.2, 0) is 30.2 Å². The number of halogens is 3. The van der Waals surface area contributed by atoms with Crippen LogP contribution in [0.4, 0.5) is 18.9 Å². The van der Waals surface area contributed by atoms with Crippen molar-refractivity contribution in [3.8, 4) is 5.75 Å². The number of alkyl halides is 3. The summed E-state index contributed by atoms with van der Waals surface area (Å²) in [6.07, 6.45) is -4.70. The molecule has 4 rings (SSSR count). The first-order valence-electron chi connectivity index (χ1n) is 12.1. The van der Waals surface area contributed by atoms with Gasteiger partial charge in [-0.05, 0) is 24.6 Å². The number of nitro benzene ring substituents is 1. The van der Waals surface area contributed by atoms with Crippen molar-refractivity contribution in [1.82, 2.24) is 5.32 Å². The fraction of sp³-hybridized carbons (Fsp3) is 0.333. The maximum Gasteiger partial charge on any atom is 0.431 e. The molecule has 2 aromatic rings. The van der Waals surface area contributed by atoms with Gasteiger partial charge in [0.15, 0.2) is 0 Å². The minimum Gasteiger partial charge on any atom is -0.491 e. The third-order valence-electron chi connectivity index (χ3n) is 6.30. The lowest BCUT2D eigenvalue weighted by molar-refractivity contribution is -0.385. The zero-order valence-corrected chi connectivity index (χ0v) is 21.4. The van der Waals surface area contributed by atoms with Crippen LogP contribution >= 0.6 is 0 Å². The van der Waals surface area contributed by atoms with Crippen LogP contribution in [0.5, 0.6) is 5.75 Å². The highest BCUT2D eigenvalue weighted by Crippen LogP contribution is 2.45. The number of carbonyl (C=O) groups excluding carboxylic acids is 2. The van der Waals surface area contributed by atoms with Crippen LogP contribution in [0.25, 0.3) is 0 Å². The van der Waals surface area contributed by atoms with Gasteiger partial charge in [0.1, 0.15) is 24.2 Å². The van der Waals surface area contributed by atoms with E-state index in [2.05, 4.69) is 10.1 Å². The predicted molar refractivity (Wildman–Crippen MR) is 133 cm³/mol. The molecule has 0 aromatic heterocycles. The van der Waals surface area contributed by atoms with Gasteiger partial charge in [0, 0.05) is 23.7 Å². The molecular weight excluding hydrogens is 537 g/mol. The molecule has 2 atom stereocenters. The molecule has 212 valence electrons. The van der Waals surface area contributed by atoms with E-state index >= 15 is 0 Å². The van der Waals surface area contributed by atoms with E-state index in [9.17, 15) is 32.9 Å². The smallest absolute Gasteiger partial charge is 0.431 e. The lowest BCUT2D eigenvalue weighted by Gasteiger charge is -2.31. The Morgan fingerprint density at radius 1 is 1.10 bits per heavy atom. The summed E-state index contributed by atoms with van der Waals surface area (Å²) < 4.78 is 62.8. The van der Waals surface area contributed by atoms with Crippen LogP contribution in [0.2, 0.25) is 0 Å². The minimum absolute atomic E-state index is 0.106. The van der Waals surface area contributed by atoms with Crippen molar-refractivity contribution in [2.24, 2.45) is 0 Å². The minimum atomic E-state index is -5.07. The summed E-state index contributed by atoms with van der Waals surface area (Å²) in [5.41, 5.74) is -3.20. The van der Waals surface area contributed by atoms with Crippen LogP contribution in [-0.4, -0.2) is 56.1 Å². The van der Waals surface area contributed by atoms with Crippen LogP contribution < -0.4 is 10.1 Å². The first-order valence-corrected chi connectivity index (χ1v) is 12.1. The number of ether oxygens (including phenoxy) is 4. The molecule has 1 fully saturated rings. The number of hydrogen-bond acceptors (Lipinski definition) is 9. The Morgan fingerprint density at radius 3 is 2.38 bits per heavy atom. The summed E-state index contributed by atoms with van der Waals surface area (Å²) in [7, 11) is 0.874. The predicted octanol–water partition coefficient (Wildman–Crippen LogP) is 4.11. The maximum absolute atomic E-state index is 14.0. The number of nitro groups is 1. The topological polar surface area (TPSA) is 130 Å². The Hall–Kier alpha value is -4.39. The molecule has 0 bridgehead atoms. The highest BCUT2D eigenvalue weighted by molar-refractivity contribution is 6.00. The lowest BCUT2D eigenvalue weighted by atomic mass is 9.79. The normalized spacial score (nSPS) is 18.6. The van der Waals surface area contributed by atoms with Gasteiger partial charge in [-0.25, -0.2) is 9.59 Å². The SMILES string of the molecule is COC(=O)C1=C(C(F)(F)F)NC(C)=C(C(=O)OCCc2ccc(OCC3CO3)cc2)C1c1ccccc1[N+](=O)[O-]. The number of dihydropyridines is 1. The molecular formula is C27H25F3N2O8. The van der Waals surface area contributed by atoms with E-state index < -0.39 is 45.9 Å². The quantitative estimate of drug-likeness (QED) is 0.197. The van der Waals surface area contributed by atoms with Gasteiger partial charge in [-0.3, -0.25) is 10.1 Å². The number of para-hydroxylation sites is 1. The molecule has 0 amide bonds. The van der Waals surface area contributed by atoms with E-state index in [1.807, 2.05) is 0 Å². The van der Waals surface area contributed by atoms with E-state index in [4.69, 9.17) is 14.2 Å². The highest BCUT2D eigenvalue weighted by atomic mass is 19.4. The molecule has 10 nitrogen and oxygen atoms in total. The van der Waals surface area contributed by atoms with Crippen molar-refractivity contribution in [1.29, 1.82) is 0 Å². The standard InChI is InChI=1S/C27H25F3N2O8/c1-15-21(26(34)38-12-11-16-7-9-17(10-8-16)39-13-18-14-40-18)22(19-5-3-4-6-20(19)32(35)36)23(25(33)37-2)24(31-15)27(28,29)30/h3-10,18,22,31H,11-14H2,1-2H3. The second-order valence-corrected chi connectivity index (χ2v) is 8.99. The Morgan fingerprint density at radius 2 is 1.77 bits per heavy atom. The second kappa shape index (κ2) is 11.8. The molecule has 2 aromatic carbocycles. The molecule has 0 saturated carbocycles. The summed E-state index contributed by atoms with van der Waals surface area (Å²) in [5.74, 6) is -3.59. The second-order valence-electron chi connectivity index (χ2n) is 8.99. The van der Waals surface area contributed by atoms with Crippen LogP contribution in [0.3, 0.4) is 0 Å². The molecule has 13 heteroatoms. The lowest BCUT2D eigenvalue weighted by Crippen LogP contribution is -2.38. The van der Waals surface area contributed by atoms with Crippen LogP contribution in [0.15, 0.2) is 71.1 Å². The van der Waals surface area contributed by atoms with Gasteiger partial charge in [0.2, 0.25) is 0 Å². The zero-order valence-electron chi connectivity index (χ0n) is 21.4. The zero-order chi connectivity index (χ0) is 29.0. The van der Waals surface area contributed by atoms with Gasteiger partial charge in [-0.1, -0.05) is 30.3 Å². The van der Waals surface area contributed by atoms with E-state index in [0.29, 0.717) is 19.0 Å². The molecule has 0 radical (unpaired) electrons. The van der Waals surface area contributed by atoms with Crippen molar-refractivity contribution in [2.75, 3.05) is 26.9 Å². The number of rotatable bonds is 10. The van der Waals surface area contributed by atoms with Crippen molar-refractivity contribution in [2.45, 2.75) is 31.5 Å². The van der Waals surface area contributed by atoms with E-state index in [1.165, 1.54) is 25.1 Å². The number of epoxide rings is 1. The molecule has 1 saturated heterocycles. The molecule has 2 aliphatic heterocycles. The number of benzene rings is 2. The molecule has 0 aliphatic carbocycles. The molecule has 40 heavy (non-hydrogen) atoms. The average Bonchev–Trinajstić information content (AvgIpc) is 3.75. The molecule has 2 aliphatic rings. The Labute approximate surface area is 226 Å². The monoisotopic (exact) mass is 562 g/mol. The number of nitrogens with zero attached hydrogens (tertiary/aromatic N) is 1. The Balaban J connectivity index is 1.61. The number of methoxy groups -OCH3 is 1. The number of nitrogens with one attached hydrogen (secondary N) is 1. The fourth-order valence-electron chi connectivity index (χ4n) is 4.31. The molecule has 2 heterocycles. The Kier molecular flexibility index (Phi) is 8.43. The van der Waals surface area contributed by atoms with Gasteiger partial charge >= 0.3 is 18.1 Å². The third kappa shape index (κ3) is 6.42. The summed E-state index contributed by atoms with van der Waals surface area (Å²) in [5, 5.41) is 13.8. The van der Waals surface area contributed by atoms with Crippen molar-refractivity contribution in [3.05, 3.63) is 92.3 Å². The summed E-state index contributed by atoms with van der Waals surface area (Å²) in [4.78, 5) is 37.0. The third-order valence-corrected chi connectivity index (χ3v) is 6.30. The van der Waals surface area contributed by atoms with Crippen molar-refractivity contribution in [3.63, 3.8) is 0 Å². The van der Waals surface area contributed by atoms with Gasteiger partial charge in [0.05, 0.1) is 42.3 Å². The highest BCUT2D eigenvalue weighted by Gasteiger charge is 2.48. The Bertz CT molecular complexity index is 1360. The average molecular weight is 562 g/mol. The fourth-order valence-corrected chi connectivity index (χ4v) is 4.31. The van der Waals surface area contributed by atoms with Crippen LogP contribution in [0, 0.1) is 10.1 Å². The van der Waals surface area contributed by atoms with Gasteiger partial charge in [0.25, 0.3) is 5.69 Å². The largest absolute Gasteiger partial charge is 0.491 e. The van der Waals surface area contributed by atoms with Gasteiger partial charge in [-0.2, -0.15) is 13.2 Å². The van der Waals surface area contributed by atoms with E-state index in [-0.39, 0.29) is 36.0 Å². The first kappa shape index (κ1) is 28.6. The van der Waals surface area contributed by atoms with Crippen molar-refractivity contribution < 1.29 is 46.6 Å². The molecule has 2 unspecified atom stereocenters. The number of carbonyl (C=O) groups is 2. The molecule has 1 N–H and O–H groups in total. The number of esters is 2. The first-order chi connectivity index (χ1) is 19.0. The number of allylic oxidation sites excluding steroid dienone is 2. The summed E-state index contributed by atoms with van der Waals surface area (Å²) in [6.45, 7) is 2.16. The maximum atomic E-state index is 14.0. The van der Waals surface area contributed by atoms with E-state index in [1.54, 1.807) is 24.3 Å². The van der Waals surface area contributed by atoms with Gasteiger partial charge in [-0.15, -0.1) is 0 Å². The number of hydrogen-bond donors (Lipinski definition) is 1. The van der Waals surface area contributed by atoms with E-state index in [0.717, 1.165) is 18.7 Å². The summed E-state index contributed by atoms with van der Waals surface area (Å²) in [6, 6.07) is 12.0. The van der Waals surface area contributed by atoms with Gasteiger partial charge < -0.3 is 24.3 Å². The van der Waals surface area contributed by atoms with Crippen molar-refractivity contribution >= 4 is 17.6 Å².